The van der Waals surface area contributed by atoms with Crippen molar-refractivity contribution in [2.75, 3.05) is 17.9 Å². The number of amides is 2. The number of carbonyl (C=O) groups is 2. The highest BCUT2D eigenvalue weighted by Gasteiger charge is 2.33. The zero-order chi connectivity index (χ0) is 27.3. The van der Waals surface area contributed by atoms with Gasteiger partial charge in [0, 0.05) is 29.2 Å². The van der Waals surface area contributed by atoms with Crippen LogP contribution in [0.3, 0.4) is 0 Å². The second kappa shape index (κ2) is 11.9. The molecule has 3 rings (SSSR count). The number of benzene rings is 3. The van der Waals surface area contributed by atoms with Gasteiger partial charge in [-0.2, -0.15) is 0 Å². The minimum atomic E-state index is -4.24. The summed E-state index contributed by atoms with van der Waals surface area (Å²) in [5, 5.41) is 3.07. The Morgan fingerprint density at radius 3 is 2.08 bits per heavy atom. The zero-order valence-corrected chi connectivity index (χ0v) is 22.7. The Morgan fingerprint density at radius 2 is 1.54 bits per heavy atom. The van der Waals surface area contributed by atoms with Crippen LogP contribution in [0, 0.1) is 12.7 Å². The number of aryl methyl sites for hydroxylation is 1. The van der Waals surface area contributed by atoms with Crippen LogP contribution < -0.4 is 9.62 Å². The van der Waals surface area contributed by atoms with Gasteiger partial charge >= 0.3 is 0 Å². The lowest BCUT2D eigenvalue weighted by Crippen LogP contribution is -2.50. The molecular weight excluding hydrogens is 540 g/mol. The van der Waals surface area contributed by atoms with Crippen LogP contribution in [0.25, 0.3) is 0 Å². The van der Waals surface area contributed by atoms with E-state index in [1.165, 1.54) is 43.1 Å². The first-order valence-corrected chi connectivity index (χ1v) is 13.4. The predicted octanol–water partition coefficient (Wildman–Crippen LogP) is 4.80. The molecule has 196 valence electrons. The third-order valence-corrected chi connectivity index (χ3v) is 8.30. The van der Waals surface area contributed by atoms with Gasteiger partial charge in [0.2, 0.25) is 11.8 Å². The molecule has 3 aromatic carbocycles. The number of halogens is 3. The summed E-state index contributed by atoms with van der Waals surface area (Å²) >= 11 is 12.6. The quantitative estimate of drug-likeness (QED) is 0.403. The van der Waals surface area contributed by atoms with Crippen LogP contribution in [0.2, 0.25) is 10.0 Å². The Morgan fingerprint density at radius 1 is 0.973 bits per heavy atom. The predicted molar refractivity (Wildman–Crippen MR) is 143 cm³/mol. The number of carbonyl (C=O) groups excluding carboxylic acids is 2. The van der Waals surface area contributed by atoms with E-state index in [1.807, 2.05) is 6.92 Å². The van der Waals surface area contributed by atoms with Crippen LogP contribution in [0.5, 0.6) is 0 Å². The number of nitrogens with zero attached hydrogens (tertiary/aromatic N) is 2. The SMILES string of the molecule is CNC(=O)[C@@H](C)N(Cc1c(Cl)cccc1Cl)C(=O)CN(c1ccc(F)cc1)S(=O)(=O)c1ccc(C)cc1. The minimum absolute atomic E-state index is 0.0460. The fourth-order valence-electron chi connectivity index (χ4n) is 3.62. The van der Waals surface area contributed by atoms with Gasteiger partial charge in [-0.1, -0.05) is 47.0 Å². The van der Waals surface area contributed by atoms with Crippen molar-refractivity contribution in [3.63, 3.8) is 0 Å². The Bertz CT molecular complexity index is 1360. The van der Waals surface area contributed by atoms with Gasteiger partial charge in [0.05, 0.1) is 10.6 Å². The molecule has 0 aliphatic rings. The third-order valence-electron chi connectivity index (χ3n) is 5.81. The summed E-state index contributed by atoms with van der Waals surface area (Å²) in [6.45, 7) is 2.52. The molecule has 0 radical (unpaired) electrons. The van der Waals surface area contributed by atoms with E-state index in [0.717, 1.165) is 22.0 Å². The first-order valence-electron chi connectivity index (χ1n) is 11.2. The molecule has 0 aliphatic carbocycles. The van der Waals surface area contributed by atoms with Gasteiger partial charge < -0.3 is 10.2 Å². The number of rotatable bonds is 9. The topological polar surface area (TPSA) is 86.8 Å². The molecule has 0 saturated carbocycles. The lowest BCUT2D eigenvalue weighted by molar-refractivity contribution is -0.139. The maximum Gasteiger partial charge on any atom is 0.264 e. The van der Waals surface area contributed by atoms with Crippen molar-refractivity contribution in [2.24, 2.45) is 0 Å². The van der Waals surface area contributed by atoms with Gasteiger partial charge in [-0.05, 0) is 62.4 Å². The van der Waals surface area contributed by atoms with Crippen molar-refractivity contribution >= 4 is 50.7 Å². The Hall–Kier alpha value is -3.14. The van der Waals surface area contributed by atoms with Gasteiger partial charge in [0.25, 0.3) is 10.0 Å². The highest BCUT2D eigenvalue weighted by molar-refractivity contribution is 7.92. The number of hydrogen-bond acceptors (Lipinski definition) is 4. The van der Waals surface area contributed by atoms with Crippen molar-refractivity contribution < 1.29 is 22.4 Å². The average molecular weight is 566 g/mol. The van der Waals surface area contributed by atoms with Gasteiger partial charge in [-0.25, -0.2) is 12.8 Å². The second-order valence-electron chi connectivity index (χ2n) is 8.31. The van der Waals surface area contributed by atoms with E-state index in [1.54, 1.807) is 30.3 Å². The number of sulfonamides is 1. The van der Waals surface area contributed by atoms with Gasteiger partial charge in [-0.3, -0.25) is 13.9 Å². The first-order chi connectivity index (χ1) is 17.4. The van der Waals surface area contributed by atoms with Crippen LogP contribution in [-0.2, 0) is 26.2 Å². The summed E-state index contributed by atoms with van der Waals surface area (Å²) in [6, 6.07) is 14.7. The van der Waals surface area contributed by atoms with Crippen molar-refractivity contribution in [3.8, 4) is 0 Å². The van der Waals surface area contributed by atoms with Crippen LogP contribution in [0.15, 0.2) is 71.6 Å². The molecule has 0 unspecified atom stereocenters. The van der Waals surface area contributed by atoms with Gasteiger partial charge in [0.15, 0.2) is 0 Å². The summed E-state index contributed by atoms with van der Waals surface area (Å²) in [6.07, 6.45) is 0. The van der Waals surface area contributed by atoms with E-state index in [-0.39, 0.29) is 27.2 Å². The number of nitrogens with one attached hydrogen (secondary N) is 1. The molecule has 1 N–H and O–H groups in total. The van der Waals surface area contributed by atoms with E-state index in [4.69, 9.17) is 23.2 Å². The maximum atomic E-state index is 13.7. The monoisotopic (exact) mass is 565 g/mol. The Labute approximate surface area is 225 Å². The second-order valence-corrected chi connectivity index (χ2v) is 11.0. The van der Waals surface area contributed by atoms with E-state index >= 15 is 0 Å². The van der Waals surface area contributed by atoms with E-state index in [2.05, 4.69) is 5.32 Å². The molecule has 11 heteroatoms. The molecule has 0 saturated heterocycles. The van der Waals surface area contributed by atoms with Crippen molar-refractivity contribution in [1.82, 2.24) is 10.2 Å². The largest absolute Gasteiger partial charge is 0.357 e. The summed E-state index contributed by atoms with van der Waals surface area (Å²) in [5.74, 6) is -1.72. The van der Waals surface area contributed by atoms with Crippen LogP contribution >= 0.6 is 23.2 Å². The average Bonchev–Trinajstić information content (AvgIpc) is 2.87. The Balaban J connectivity index is 2.06. The summed E-state index contributed by atoms with van der Waals surface area (Å²) in [5.41, 5.74) is 1.34. The normalized spacial score (nSPS) is 12.1. The Kier molecular flexibility index (Phi) is 9.17. The van der Waals surface area contributed by atoms with Crippen LogP contribution in [0.1, 0.15) is 18.1 Å². The van der Waals surface area contributed by atoms with E-state index < -0.39 is 40.2 Å². The van der Waals surface area contributed by atoms with Crippen molar-refractivity contribution in [3.05, 3.63) is 93.7 Å². The van der Waals surface area contributed by atoms with E-state index in [9.17, 15) is 22.4 Å². The molecule has 0 fully saturated rings. The molecule has 3 aromatic rings. The fraction of sp³-hybridized carbons (Fsp3) is 0.231. The molecule has 0 aliphatic heterocycles. The molecule has 0 bridgehead atoms. The maximum absolute atomic E-state index is 13.7. The van der Waals surface area contributed by atoms with Gasteiger partial charge in [-0.15, -0.1) is 0 Å². The summed E-state index contributed by atoms with van der Waals surface area (Å²) in [7, 11) is -2.82. The van der Waals surface area contributed by atoms with Crippen LogP contribution in [-0.4, -0.2) is 44.8 Å². The highest BCUT2D eigenvalue weighted by atomic mass is 35.5. The molecule has 37 heavy (non-hydrogen) atoms. The number of likely N-dealkylation sites (N-methyl/N-ethyl adjacent to an activating group) is 1. The molecule has 2 amide bonds. The standard InChI is InChI=1S/C26H26Cl2FN3O4S/c1-17-7-13-21(14-8-17)37(35,36)32(20-11-9-19(29)10-12-20)16-25(33)31(18(2)26(34)30-3)15-22-23(27)5-4-6-24(22)28/h4-14,18H,15-16H2,1-3H3,(H,30,34)/t18-/m1/s1. The molecule has 7 nitrogen and oxygen atoms in total. The van der Waals surface area contributed by atoms with Crippen molar-refractivity contribution in [1.29, 1.82) is 0 Å². The lowest BCUT2D eigenvalue weighted by atomic mass is 10.1. The molecule has 1 atom stereocenters. The number of hydrogen-bond donors (Lipinski definition) is 1. The van der Waals surface area contributed by atoms with E-state index in [0.29, 0.717) is 5.56 Å². The fourth-order valence-corrected chi connectivity index (χ4v) is 5.55. The van der Waals surface area contributed by atoms with Crippen LogP contribution in [0.4, 0.5) is 10.1 Å². The zero-order valence-electron chi connectivity index (χ0n) is 20.4. The first kappa shape index (κ1) is 28.4. The lowest BCUT2D eigenvalue weighted by Gasteiger charge is -2.32. The smallest absolute Gasteiger partial charge is 0.264 e. The highest BCUT2D eigenvalue weighted by Crippen LogP contribution is 2.28. The third kappa shape index (κ3) is 6.60. The molecule has 0 heterocycles. The molecule has 0 spiro atoms. The van der Waals surface area contributed by atoms with Gasteiger partial charge in [0.1, 0.15) is 18.4 Å². The summed E-state index contributed by atoms with van der Waals surface area (Å²) in [4.78, 5) is 27.4. The number of anilines is 1. The molecular formula is C26H26Cl2FN3O4S. The summed E-state index contributed by atoms with van der Waals surface area (Å²) < 4.78 is 41.8. The minimum Gasteiger partial charge on any atom is -0.357 e. The van der Waals surface area contributed by atoms with Crippen molar-refractivity contribution in [2.45, 2.75) is 31.3 Å². The molecule has 0 aromatic heterocycles.